The van der Waals surface area contributed by atoms with Gasteiger partial charge in [-0.1, -0.05) is 11.2 Å². The second-order valence-electron chi connectivity index (χ2n) is 6.32. The zero-order valence-corrected chi connectivity index (χ0v) is 16.2. The molecule has 1 fully saturated rings. The van der Waals surface area contributed by atoms with Crippen molar-refractivity contribution in [2.24, 2.45) is 0 Å². The number of hydrogen-bond acceptors (Lipinski definition) is 9. The molecule has 0 unspecified atom stereocenters. The molecule has 0 aliphatic carbocycles. The Balaban J connectivity index is 1.44. The van der Waals surface area contributed by atoms with Crippen LogP contribution in [-0.2, 0) is 6.54 Å². The van der Waals surface area contributed by atoms with E-state index in [1.807, 2.05) is 17.5 Å². The predicted octanol–water partition coefficient (Wildman–Crippen LogP) is 2.52. The SMILES string of the molecule is COc1nc(CNC(=O)c2cc(-c3cccs3)on2)nc(N2CCCCC2)n1. The van der Waals surface area contributed by atoms with E-state index in [0.717, 1.165) is 30.8 Å². The molecule has 9 nitrogen and oxygen atoms in total. The molecule has 0 aromatic carbocycles. The fraction of sp³-hybridized carbons (Fsp3) is 0.389. The Morgan fingerprint density at radius 1 is 1.29 bits per heavy atom. The number of methoxy groups -OCH3 is 1. The molecule has 0 spiro atoms. The summed E-state index contributed by atoms with van der Waals surface area (Å²) in [5.74, 6) is 1.22. The largest absolute Gasteiger partial charge is 0.467 e. The number of ether oxygens (including phenoxy) is 1. The molecule has 28 heavy (non-hydrogen) atoms. The summed E-state index contributed by atoms with van der Waals surface area (Å²) < 4.78 is 10.4. The van der Waals surface area contributed by atoms with Crippen LogP contribution < -0.4 is 15.0 Å². The van der Waals surface area contributed by atoms with Gasteiger partial charge in [0.1, 0.15) is 0 Å². The fourth-order valence-corrected chi connectivity index (χ4v) is 3.63. The first-order chi connectivity index (χ1) is 13.7. The molecule has 3 aromatic heterocycles. The lowest BCUT2D eigenvalue weighted by Crippen LogP contribution is -2.32. The molecular formula is C18H20N6O3S. The maximum atomic E-state index is 12.4. The van der Waals surface area contributed by atoms with Crippen molar-refractivity contribution in [2.75, 3.05) is 25.1 Å². The van der Waals surface area contributed by atoms with Crippen molar-refractivity contribution >= 4 is 23.2 Å². The maximum Gasteiger partial charge on any atom is 0.321 e. The smallest absolute Gasteiger partial charge is 0.321 e. The van der Waals surface area contributed by atoms with Gasteiger partial charge in [-0.25, -0.2) is 0 Å². The number of nitrogens with one attached hydrogen (secondary N) is 1. The Bertz CT molecular complexity index is 937. The first-order valence-electron chi connectivity index (χ1n) is 9.05. The number of carbonyl (C=O) groups excluding carboxylic acids is 1. The van der Waals surface area contributed by atoms with Crippen molar-refractivity contribution in [1.29, 1.82) is 0 Å². The fourth-order valence-electron chi connectivity index (χ4n) is 2.96. The molecular weight excluding hydrogens is 380 g/mol. The van der Waals surface area contributed by atoms with Gasteiger partial charge in [0, 0.05) is 19.2 Å². The summed E-state index contributed by atoms with van der Waals surface area (Å²) in [6.45, 7) is 1.95. The molecule has 10 heteroatoms. The average molecular weight is 400 g/mol. The monoisotopic (exact) mass is 400 g/mol. The number of carbonyl (C=O) groups is 1. The second kappa shape index (κ2) is 8.34. The number of amides is 1. The van der Waals surface area contributed by atoms with Crippen molar-refractivity contribution in [3.05, 3.63) is 35.1 Å². The van der Waals surface area contributed by atoms with Crippen LogP contribution in [0, 0.1) is 0 Å². The Kier molecular flexibility index (Phi) is 5.47. The topological polar surface area (TPSA) is 106 Å². The molecule has 0 bridgehead atoms. The summed E-state index contributed by atoms with van der Waals surface area (Å²) in [6.07, 6.45) is 3.43. The zero-order chi connectivity index (χ0) is 19.3. The van der Waals surface area contributed by atoms with Crippen LogP contribution in [0.1, 0.15) is 35.6 Å². The third kappa shape index (κ3) is 4.11. The zero-order valence-electron chi connectivity index (χ0n) is 15.4. The number of rotatable bonds is 6. The summed E-state index contributed by atoms with van der Waals surface area (Å²) in [4.78, 5) is 28.5. The quantitative estimate of drug-likeness (QED) is 0.673. The number of aromatic nitrogens is 4. The van der Waals surface area contributed by atoms with E-state index in [9.17, 15) is 4.79 Å². The Morgan fingerprint density at radius 2 is 2.14 bits per heavy atom. The van der Waals surface area contributed by atoms with Crippen LogP contribution >= 0.6 is 11.3 Å². The van der Waals surface area contributed by atoms with Gasteiger partial charge in [-0.15, -0.1) is 11.3 Å². The van der Waals surface area contributed by atoms with Gasteiger partial charge in [-0.05, 0) is 30.7 Å². The standard InChI is InChI=1S/C18H20N6O3S/c1-26-18-21-15(20-17(22-18)24-7-3-2-4-8-24)11-19-16(25)12-10-13(27-23-12)14-6-5-9-28-14/h5-6,9-10H,2-4,7-8,11H2,1H3,(H,19,25). The highest BCUT2D eigenvalue weighted by atomic mass is 32.1. The first-order valence-corrected chi connectivity index (χ1v) is 9.93. The van der Waals surface area contributed by atoms with E-state index in [4.69, 9.17) is 9.26 Å². The van der Waals surface area contributed by atoms with Crippen LogP contribution in [0.5, 0.6) is 6.01 Å². The molecule has 1 aliphatic rings. The molecule has 0 atom stereocenters. The minimum Gasteiger partial charge on any atom is -0.467 e. The Morgan fingerprint density at radius 3 is 2.89 bits per heavy atom. The van der Waals surface area contributed by atoms with Crippen LogP contribution in [0.15, 0.2) is 28.1 Å². The van der Waals surface area contributed by atoms with E-state index >= 15 is 0 Å². The molecule has 4 rings (SSSR count). The number of nitrogens with zero attached hydrogens (tertiary/aromatic N) is 5. The lowest BCUT2D eigenvalue weighted by molar-refractivity contribution is 0.0940. The van der Waals surface area contributed by atoms with Crippen molar-refractivity contribution in [3.63, 3.8) is 0 Å². The van der Waals surface area contributed by atoms with Crippen LogP contribution in [0.25, 0.3) is 10.6 Å². The van der Waals surface area contributed by atoms with Crippen molar-refractivity contribution < 1.29 is 14.1 Å². The van der Waals surface area contributed by atoms with Gasteiger partial charge in [0.15, 0.2) is 17.3 Å². The number of thiophene rings is 1. The van der Waals surface area contributed by atoms with Crippen molar-refractivity contribution in [2.45, 2.75) is 25.8 Å². The molecule has 146 valence electrons. The molecule has 1 N–H and O–H groups in total. The highest BCUT2D eigenvalue weighted by molar-refractivity contribution is 7.13. The van der Waals surface area contributed by atoms with Gasteiger partial charge in [0.2, 0.25) is 5.95 Å². The normalized spacial score (nSPS) is 14.1. The van der Waals surface area contributed by atoms with Gasteiger partial charge < -0.3 is 19.5 Å². The molecule has 0 saturated carbocycles. The van der Waals surface area contributed by atoms with Crippen LogP contribution in [0.3, 0.4) is 0 Å². The van der Waals surface area contributed by atoms with E-state index in [2.05, 4.69) is 30.3 Å². The number of hydrogen-bond donors (Lipinski definition) is 1. The van der Waals surface area contributed by atoms with E-state index in [1.165, 1.54) is 24.9 Å². The first kappa shape index (κ1) is 18.4. The minimum atomic E-state index is -0.356. The van der Waals surface area contributed by atoms with Gasteiger partial charge in [-0.2, -0.15) is 15.0 Å². The van der Waals surface area contributed by atoms with Gasteiger partial charge >= 0.3 is 6.01 Å². The summed E-state index contributed by atoms with van der Waals surface area (Å²) in [6, 6.07) is 5.68. The highest BCUT2D eigenvalue weighted by Crippen LogP contribution is 2.25. The van der Waals surface area contributed by atoms with Gasteiger partial charge in [0.05, 0.1) is 18.5 Å². The molecule has 0 radical (unpaired) electrons. The number of anilines is 1. The summed E-state index contributed by atoms with van der Waals surface area (Å²) >= 11 is 1.52. The summed E-state index contributed by atoms with van der Waals surface area (Å²) in [7, 11) is 1.51. The minimum absolute atomic E-state index is 0.139. The lowest BCUT2D eigenvalue weighted by Gasteiger charge is -2.26. The molecule has 4 heterocycles. The van der Waals surface area contributed by atoms with Crippen molar-refractivity contribution in [3.8, 4) is 16.6 Å². The van der Waals surface area contributed by atoms with Crippen molar-refractivity contribution in [1.82, 2.24) is 25.4 Å². The Hall–Kier alpha value is -3.01. The highest BCUT2D eigenvalue weighted by Gasteiger charge is 2.18. The third-order valence-corrected chi connectivity index (χ3v) is 5.27. The van der Waals surface area contributed by atoms with Gasteiger partial charge in [0.25, 0.3) is 5.91 Å². The summed E-state index contributed by atoms with van der Waals surface area (Å²) in [5.41, 5.74) is 0.209. The molecule has 1 amide bonds. The lowest BCUT2D eigenvalue weighted by atomic mass is 10.1. The van der Waals surface area contributed by atoms with Crippen LogP contribution in [-0.4, -0.2) is 46.2 Å². The third-order valence-electron chi connectivity index (χ3n) is 4.38. The molecule has 1 aliphatic heterocycles. The van der Waals surface area contributed by atoms with E-state index < -0.39 is 0 Å². The van der Waals surface area contributed by atoms with Crippen LogP contribution in [0.2, 0.25) is 0 Å². The van der Waals surface area contributed by atoms with E-state index in [-0.39, 0.29) is 24.2 Å². The van der Waals surface area contributed by atoms with Gasteiger partial charge in [-0.3, -0.25) is 4.79 Å². The van der Waals surface area contributed by atoms with Crippen LogP contribution in [0.4, 0.5) is 5.95 Å². The average Bonchev–Trinajstić information content (AvgIpc) is 3.44. The van der Waals surface area contributed by atoms with E-state index in [0.29, 0.717) is 17.5 Å². The molecule has 3 aromatic rings. The summed E-state index contributed by atoms with van der Waals surface area (Å²) in [5, 5.41) is 8.55. The molecule has 1 saturated heterocycles. The Labute approximate surface area is 165 Å². The predicted molar refractivity (Wildman–Crippen MR) is 103 cm³/mol. The van der Waals surface area contributed by atoms with E-state index in [1.54, 1.807) is 6.07 Å². The number of piperidine rings is 1. The second-order valence-corrected chi connectivity index (χ2v) is 7.27. The maximum absolute atomic E-state index is 12.4.